The van der Waals surface area contributed by atoms with E-state index in [2.05, 4.69) is 27.9 Å². The molecular formula is C9H11IN2O2. The summed E-state index contributed by atoms with van der Waals surface area (Å²) in [7, 11) is 0. The van der Waals surface area contributed by atoms with Crippen LogP contribution in [-0.2, 0) is 4.74 Å². The summed E-state index contributed by atoms with van der Waals surface area (Å²) in [5.74, 6) is 0. The summed E-state index contributed by atoms with van der Waals surface area (Å²) in [4.78, 5) is 11.1. The van der Waals surface area contributed by atoms with Gasteiger partial charge in [0.15, 0.2) is 0 Å². The van der Waals surface area contributed by atoms with Crippen LogP contribution in [0.25, 0.3) is 0 Å². The highest BCUT2D eigenvalue weighted by atomic mass is 127. The molecule has 0 saturated heterocycles. The zero-order valence-corrected chi connectivity index (χ0v) is 9.87. The average molecular weight is 306 g/mol. The number of carbonyl (C=O) groups is 1. The summed E-state index contributed by atoms with van der Waals surface area (Å²) in [6, 6.07) is 5.25. The van der Waals surface area contributed by atoms with E-state index in [-0.39, 0.29) is 0 Å². The Labute approximate surface area is 96.0 Å². The first kappa shape index (κ1) is 11.1. The Bertz CT molecular complexity index is 342. The van der Waals surface area contributed by atoms with Gasteiger partial charge in [-0.25, -0.2) is 4.79 Å². The molecule has 0 atom stereocenters. The zero-order valence-electron chi connectivity index (χ0n) is 7.71. The Morgan fingerprint density at radius 1 is 1.64 bits per heavy atom. The first-order chi connectivity index (χ1) is 6.63. The van der Waals surface area contributed by atoms with E-state index < -0.39 is 6.09 Å². The van der Waals surface area contributed by atoms with Crippen molar-refractivity contribution in [2.75, 3.05) is 17.7 Å². The second-order valence-electron chi connectivity index (χ2n) is 2.58. The van der Waals surface area contributed by atoms with E-state index in [1.165, 1.54) is 0 Å². The van der Waals surface area contributed by atoms with Crippen molar-refractivity contribution in [2.24, 2.45) is 0 Å². The Kier molecular flexibility index (Phi) is 3.99. The van der Waals surface area contributed by atoms with Crippen LogP contribution >= 0.6 is 22.6 Å². The van der Waals surface area contributed by atoms with Crippen LogP contribution in [-0.4, -0.2) is 12.7 Å². The lowest BCUT2D eigenvalue weighted by Gasteiger charge is -2.07. The Hall–Kier alpha value is -0.980. The molecule has 14 heavy (non-hydrogen) atoms. The SMILES string of the molecule is CCOC(=O)Nc1ccc(N)cc1I. The lowest BCUT2D eigenvalue weighted by molar-refractivity contribution is 0.168. The standard InChI is InChI=1S/C9H11IN2O2/c1-2-14-9(13)12-8-4-3-6(11)5-7(8)10/h3-5H,2,11H2,1H3,(H,12,13). The third-order valence-electron chi connectivity index (χ3n) is 1.51. The summed E-state index contributed by atoms with van der Waals surface area (Å²) >= 11 is 2.10. The fraction of sp³-hybridized carbons (Fsp3) is 0.222. The topological polar surface area (TPSA) is 64.3 Å². The number of rotatable bonds is 2. The molecule has 0 aliphatic rings. The molecule has 0 heterocycles. The molecule has 1 aromatic carbocycles. The molecule has 1 rings (SSSR count). The highest BCUT2D eigenvalue weighted by Gasteiger charge is 2.05. The molecular weight excluding hydrogens is 295 g/mol. The third-order valence-corrected chi connectivity index (χ3v) is 2.40. The number of hydrogen-bond acceptors (Lipinski definition) is 3. The highest BCUT2D eigenvalue weighted by molar-refractivity contribution is 14.1. The van der Waals surface area contributed by atoms with E-state index in [0.717, 1.165) is 3.57 Å². The van der Waals surface area contributed by atoms with Crippen molar-refractivity contribution in [3.05, 3.63) is 21.8 Å². The molecule has 0 bridgehead atoms. The summed E-state index contributed by atoms with van der Waals surface area (Å²) < 4.78 is 5.63. The maximum atomic E-state index is 11.1. The molecule has 3 N–H and O–H groups in total. The van der Waals surface area contributed by atoms with Crippen LogP contribution in [0.3, 0.4) is 0 Å². The number of halogens is 1. The van der Waals surface area contributed by atoms with E-state index in [4.69, 9.17) is 10.5 Å². The fourth-order valence-electron chi connectivity index (χ4n) is 0.910. The molecule has 0 aliphatic carbocycles. The normalized spacial score (nSPS) is 9.57. The fourth-order valence-corrected chi connectivity index (χ4v) is 1.58. The molecule has 0 radical (unpaired) electrons. The number of carbonyl (C=O) groups excluding carboxylic acids is 1. The van der Waals surface area contributed by atoms with Crippen molar-refractivity contribution in [1.82, 2.24) is 0 Å². The predicted molar refractivity (Wildman–Crippen MR) is 64.2 cm³/mol. The average Bonchev–Trinajstić information content (AvgIpc) is 2.10. The quantitative estimate of drug-likeness (QED) is 0.651. The third kappa shape index (κ3) is 3.06. The minimum absolute atomic E-state index is 0.359. The molecule has 0 saturated carbocycles. The molecule has 0 unspecified atom stereocenters. The lowest BCUT2D eigenvalue weighted by Crippen LogP contribution is -2.14. The molecule has 1 amide bonds. The molecule has 1 aromatic rings. The van der Waals surface area contributed by atoms with Gasteiger partial charge in [0.2, 0.25) is 0 Å². The van der Waals surface area contributed by atoms with Crippen molar-refractivity contribution in [3.63, 3.8) is 0 Å². The van der Waals surface area contributed by atoms with Crippen LogP contribution in [0.15, 0.2) is 18.2 Å². The Morgan fingerprint density at radius 3 is 2.93 bits per heavy atom. The summed E-state index contributed by atoms with van der Waals surface area (Å²) in [6.07, 6.45) is -0.449. The van der Waals surface area contributed by atoms with Crippen LogP contribution in [0.4, 0.5) is 16.2 Å². The number of benzene rings is 1. The Morgan fingerprint density at radius 2 is 2.36 bits per heavy atom. The molecule has 0 aromatic heterocycles. The predicted octanol–water partition coefficient (Wildman–Crippen LogP) is 2.44. The Balaban J connectivity index is 2.72. The van der Waals surface area contributed by atoms with Gasteiger partial charge in [0.05, 0.1) is 12.3 Å². The number of amides is 1. The number of nitrogens with two attached hydrogens (primary N) is 1. The number of anilines is 2. The summed E-state index contributed by atoms with van der Waals surface area (Å²) in [5, 5.41) is 2.61. The molecule has 0 aliphatic heterocycles. The molecule has 4 nitrogen and oxygen atoms in total. The highest BCUT2D eigenvalue weighted by Crippen LogP contribution is 2.20. The summed E-state index contributed by atoms with van der Waals surface area (Å²) in [5.41, 5.74) is 6.95. The van der Waals surface area contributed by atoms with Gasteiger partial charge in [-0.1, -0.05) is 0 Å². The molecule has 5 heteroatoms. The molecule has 76 valence electrons. The van der Waals surface area contributed by atoms with Crippen LogP contribution < -0.4 is 11.1 Å². The van der Waals surface area contributed by atoms with Gasteiger partial charge in [-0.3, -0.25) is 5.32 Å². The second-order valence-corrected chi connectivity index (χ2v) is 3.75. The van der Waals surface area contributed by atoms with Gasteiger partial charge in [0.1, 0.15) is 0 Å². The van der Waals surface area contributed by atoms with Gasteiger partial charge < -0.3 is 10.5 Å². The summed E-state index contributed by atoms with van der Waals surface area (Å²) in [6.45, 7) is 2.12. The second kappa shape index (κ2) is 5.04. The van der Waals surface area contributed by atoms with Gasteiger partial charge in [0.25, 0.3) is 0 Å². The maximum absolute atomic E-state index is 11.1. The molecule has 0 fully saturated rings. The van der Waals surface area contributed by atoms with E-state index in [0.29, 0.717) is 18.0 Å². The van der Waals surface area contributed by atoms with Gasteiger partial charge >= 0.3 is 6.09 Å². The van der Waals surface area contributed by atoms with Gasteiger partial charge in [-0.2, -0.15) is 0 Å². The van der Waals surface area contributed by atoms with Crippen LogP contribution in [0, 0.1) is 3.57 Å². The van der Waals surface area contributed by atoms with Crippen molar-refractivity contribution in [1.29, 1.82) is 0 Å². The van der Waals surface area contributed by atoms with Crippen LogP contribution in [0.2, 0.25) is 0 Å². The first-order valence-corrected chi connectivity index (χ1v) is 5.20. The van der Waals surface area contributed by atoms with Crippen molar-refractivity contribution in [2.45, 2.75) is 6.92 Å². The zero-order chi connectivity index (χ0) is 10.6. The van der Waals surface area contributed by atoms with E-state index in [9.17, 15) is 4.79 Å². The van der Waals surface area contributed by atoms with Crippen LogP contribution in [0.5, 0.6) is 0 Å². The van der Waals surface area contributed by atoms with Crippen LogP contribution in [0.1, 0.15) is 6.92 Å². The van der Waals surface area contributed by atoms with Crippen molar-refractivity contribution in [3.8, 4) is 0 Å². The monoisotopic (exact) mass is 306 g/mol. The number of nitrogen functional groups attached to an aromatic ring is 1. The van der Waals surface area contributed by atoms with Gasteiger partial charge in [0, 0.05) is 9.26 Å². The molecule has 0 spiro atoms. The number of ether oxygens (including phenoxy) is 1. The maximum Gasteiger partial charge on any atom is 0.411 e. The minimum Gasteiger partial charge on any atom is -0.450 e. The van der Waals surface area contributed by atoms with Gasteiger partial charge in [-0.15, -0.1) is 0 Å². The van der Waals surface area contributed by atoms with Crippen molar-refractivity contribution >= 4 is 40.1 Å². The van der Waals surface area contributed by atoms with Crippen molar-refractivity contribution < 1.29 is 9.53 Å². The first-order valence-electron chi connectivity index (χ1n) is 4.12. The van der Waals surface area contributed by atoms with E-state index >= 15 is 0 Å². The number of nitrogens with one attached hydrogen (secondary N) is 1. The van der Waals surface area contributed by atoms with E-state index in [1.54, 1.807) is 25.1 Å². The lowest BCUT2D eigenvalue weighted by atomic mass is 10.3. The largest absolute Gasteiger partial charge is 0.450 e. The number of hydrogen-bond donors (Lipinski definition) is 2. The van der Waals surface area contributed by atoms with Gasteiger partial charge in [-0.05, 0) is 47.7 Å². The van der Waals surface area contributed by atoms with E-state index in [1.807, 2.05) is 0 Å². The smallest absolute Gasteiger partial charge is 0.411 e. The minimum atomic E-state index is -0.449.